The summed E-state index contributed by atoms with van der Waals surface area (Å²) in [4.78, 5) is 0.411. The molecule has 0 radical (unpaired) electrons. The molecule has 0 aromatic heterocycles. The Kier molecular flexibility index (Phi) is 4.40. The van der Waals surface area contributed by atoms with E-state index >= 15 is 0 Å². The van der Waals surface area contributed by atoms with Crippen LogP contribution in [0.2, 0.25) is 0 Å². The summed E-state index contributed by atoms with van der Waals surface area (Å²) in [6.45, 7) is 2.68. The summed E-state index contributed by atoms with van der Waals surface area (Å²) in [5.41, 5.74) is 3.49. The van der Waals surface area contributed by atoms with Gasteiger partial charge in [-0.15, -0.1) is 0 Å². The summed E-state index contributed by atoms with van der Waals surface area (Å²) < 4.78 is 33.9. The van der Waals surface area contributed by atoms with Crippen LogP contribution in [0.3, 0.4) is 0 Å². The predicted molar refractivity (Wildman–Crippen MR) is 97.0 cm³/mol. The van der Waals surface area contributed by atoms with Gasteiger partial charge >= 0.3 is 0 Å². The number of ether oxygens (including phenoxy) is 1. The van der Waals surface area contributed by atoms with E-state index in [-0.39, 0.29) is 12.2 Å². The molecule has 2 unspecified atom stereocenters. The second-order valence-corrected chi connectivity index (χ2v) is 8.89. The van der Waals surface area contributed by atoms with E-state index in [1.165, 1.54) is 11.1 Å². The van der Waals surface area contributed by atoms with Gasteiger partial charge < -0.3 is 4.74 Å². The summed E-state index contributed by atoms with van der Waals surface area (Å²) in [5, 5.41) is 0. The van der Waals surface area contributed by atoms with Crippen molar-refractivity contribution >= 4 is 10.0 Å². The normalized spacial score (nSPS) is 24.2. The van der Waals surface area contributed by atoms with E-state index in [0.29, 0.717) is 18.0 Å². The standard InChI is InChI=1S/C20H23NO3S/c1-15-13-21(14-20(24-15)17-6-3-2-4-7-17)25(22,23)19-11-10-16-8-5-9-18(16)12-19/h2-4,6-7,10-12,15,20H,5,8-9,13-14H2,1H3. The molecule has 0 spiro atoms. The Labute approximate surface area is 149 Å². The molecule has 132 valence electrons. The monoisotopic (exact) mass is 357 g/mol. The molecule has 0 N–H and O–H groups in total. The second kappa shape index (κ2) is 6.56. The smallest absolute Gasteiger partial charge is 0.243 e. The zero-order valence-corrected chi connectivity index (χ0v) is 15.2. The largest absolute Gasteiger partial charge is 0.368 e. The number of benzene rings is 2. The zero-order chi connectivity index (χ0) is 17.4. The summed E-state index contributed by atoms with van der Waals surface area (Å²) in [7, 11) is -3.50. The van der Waals surface area contributed by atoms with E-state index < -0.39 is 10.0 Å². The quantitative estimate of drug-likeness (QED) is 0.846. The average Bonchev–Trinajstić information content (AvgIpc) is 3.09. The maximum Gasteiger partial charge on any atom is 0.243 e. The Morgan fingerprint density at radius 1 is 1.00 bits per heavy atom. The number of rotatable bonds is 3. The number of hydrogen-bond donors (Lipinski definition) is 0. The lowest BCUT2D eigenvalue weighted by molar-refractivity contribution is -0.0557. The first-order valence-corrected chi connectivity index (χ1v) is 10.3. The van der Waals surface area contributed by atoms with Gasteiger partial charge in [0.2, 0.25) is 10.0 Å². The summed E-state index contributed by atoms with van der Waals surface area (Å²) in [5.74, 6) is 0. The van der Waals surface area contributed by atoms with Crippen molar-refractivity contribution in [3.8, 4) is 0 Å². The SMILES string of the molecule is CC1CN(S(=O)(=O)c2ccc3c(c2)CCC3)CC(c2ccccc2)O1. The first-order chi connectivity index (χ1) is 12.0. The van der Waals surface area contributed by atoms with Crippen LogP contribution in [0.1, 0.15) is 36.1 Å². The fourth-order valence-electron chi connectivity index (χ4n) is 3.82. The van der Waals surface area contributed by atoms with Crippen LogP contribution >= 0.6 is 0 Å². The van der Waals surface area contributed by atoms with Crippen LogP contribution in [0.25, 0.3) is 0 Å². The molecule has 0 saturated carbocycles. The van der Waals surface area contributed by atoms with Crippen molar-refractivity contribution in [2.45, 2.75) is 43.3 Å². The van der Waals surface area contributed by atoms with Gasteiger partial charge in [0.05, 0.1) is 17.1 Å². The van der Waals surface area contributed by atoms with Crippen LogP contribution in [0, 0.1) is 0 Å². The molecule has 1 aliphatic heterocycles. The average molecular weight is 357 g/mol. The highest BCUT2D eigenvalue weighted by molar-refractivity contribution is 7.89. The highest BCUT2D eigenvalue weighted by Crippen LogP contribution is 2.31. The minimum Gasteiger partial charge on any atom is -0.368 e. The molecule has 2 aromatic rings. The van der Waals surface area contributed by atoms with E-state index in [0.717, 1.165) is 24.8 Å². The van der Waals surface area contributed by atoms with Gasteiger partial charge in [-0.05, 0) is 55.0 Å². The van der Waals surface area contributed by atoms with Crippen LogP contribution in [0.15, 0.2) is 53.4 Å². The minimum absolute atomic E-state index is 0.136. The Bertz CT molecular complexity index is 864. The van der Waals surface area contributed by atoms with Gasteiger partial charge in [-0.25, -0.2) is 8.42 Å². The van der Waals surface area contributed by atoms with Crippen molar-refractivity contribution in [2.24, 2.45) is 0 Å². The third kappa shape index (κ3) is 3.24. The van der Waals surface area contributed by atoms with Gasteiger partial charge in [0.15, 0.2) is 0 Å². The van der Waals surface area contributed by atoms with E-state index in [2.05, 4.69) is 0 Å². The van der Waals surface area contributed by atoms with Crippen LogP contribution in [0.5, 0.6) is 0 Å². The molecule has 2 atom stereocenters. The molecule has 2 aromatic carbocycles. The van der Waals surface area contributed by atoms with Gasteiger partial charge in [0.1, 0.15) is 0 Å². The molecule has 2 aliphatic rings. The van der Waals surface area contributed by atoms with Crippen LogP contribution in [0.4, 0.5) is 0 Å². The number of sulfonamides is 1. The van der Waals surface area contributed by atoms with Gasteiger partial charge in [-0.1, -0.05) is 36.4 Å². The van der Waals surface area contributed by atoms with Crippen LogP contribution in [-0.4, -0.2) is 31.9 Å². The molecule has 25 heavy (non-hydrogen) atoms. The molecule has 0 bridgehead atoms. The number of aryl methyl sites for hydroxylation is 2. The fourth-order valence-corrected chi connectivity index (χ4v) is 5.39. The van der Waals surface area contributed by atoms with Gasteiger partial charge in [-0.2, -0.15) is 4.31 Å². The van der Waals surface area contributed by atoms with Crippen LogP contribution in [-0.2, 0) is 27.6 Å². The zero-order valence-electron chi connectivity index (χ0n) is 14.4. The Balaban J connectivity index is 1.63. The van der Waals surface area contributed by atoms with Crippen molar-refractivity contribution in [3.63, 3.8) is 0 Å². The van der Waals surface area contributed by atoms with E-state index in [1.54, 1.807) is 10.4 Å². The fraction of sp³-hybridized carbons (Fsp3) is 0.400. The number of fused-ring (bicyclic) bond motifs is 1. The molecule has 0 amide bonds. The summed E-state index contributed by atoms with van der Waals surface area (Å²) in [6.07, 6.45) is 2.78. The van der Waals surface area contributed by atoms with Gasteiger partial charge in [0, 0.05) is 13.1 Å². The predicted octanol–water partition coefficient (Wildman–Crippen LogP) is 3.33. The number of hydrogen-bond acceptors (Lipinski definition) is 3. The number of morpholine rings is 1. The lowest BCUT2D eigenvalue weighted by Crippen LogP contribution is -2.45. The van der Waals surface area contributed by atoms with Crippen molar-refractivity contribution in [1.82, 2.24) is 4.31 Å². The van der Waals surface area contributed by atoms with Crippen molar-refractivity contribution in [2.75, 3.05) is 13.1 Å². The third-order valence-corrected chi connectivity index (χ3v) is 6.93. The topological polar surface area (TPSA) is 46.6 Å². The second-order valence-electron chi connectivity index (χ2n) is 6.95. The lowest BCUT2D eigenvalue weighted by atomic mass is 10.1. The molecular formula is C20H23NO3S. The van der Waals surface area contributed by atoms with E-state index in [1.807, 2.05) is 49.4 Å². The maximum absolute atomic E-state index is 13.2. The van der Waals surface area contributed by atoms with E-state index in [9.17, 15) is 8.42 Å². The van der Waals surface area contributed by atoms with Crippen molar-refractivity contribution in [1.29, 1.82) is 0 Å². The first-order valence-electron chi connectivity index (χ1n) is 8.86. The Morgan fingerprint density at radius 3 is 2.56 bits per heavy atom. The molecule has 1 fully saturated rings. The first kappa shape index (κ1) is 16.8. The summed E-state index contributed by atoms with van der Waals surface area (Å²) in [6, 6.07) is 15.5. The number of nitrogens with zero attached hydrogens (tertiary/aromatic N) is 1. The van der Waals surface area contributed by atoms with Gasteiger partial charge in [0.25, 0.3) is 0 Å². The molecule has 4 rings (SSSR count). The molecule has 5 heteroatoms. The highest BCUT2D eigenvalue weighted by Gasteiger charge is 2.34. The maximum atomic E-state index is 13.2. The van der Waals surface area contributed by atoms with E-state index in [4.69, 9.17) is 4.74 Å². The molecule has 4 nitrogen and oxygen atoms in total. The van der Waals surface area contributed by atoms with Crippen molar-refractivity contribution < 1.29 is 13.2 Å². The molecule has 1 heterocycles. The Hall–Kier alpha value is -1.69. The van der Waals surface area contributed by atoms with Crippen LogP contribution < -0.4 is 0 Å². The molecular weight excluding hydrogens is 334 g/mol. The van der Waals surface area contributed by atoms with Crippen molar-refractivity contribution in [3.05, 3.63) is 65.2 Å². The highest BCUT2D eigenvalue weighted by atomic mass is 32.2. The minimum atomic E-state index is -3.50. The Morgan fingerprint density at radius 2 is 1.76 bits per heavy atom. The third-order valence-electron chi connectivity index (χ3n) is 5.11. The summed E-state index contributed by atoms with van der Waals surface area (Å²) >= 11 is 0. The molecule has 1 saturated heterocycles. The lowest BCUT2D eigenvalue weighted by Gasteiger charge is -2.36. The van der Waals surface area contributed by atoms with Gasteiger partial charge in [-0.3, -0.25) is 0 Å². The molecule has 1 aliphatic carbocycles.